The Bertz CT molecular complexity index is 1060. The maximum absolute atomic E-state index is 13.4. The third-order valence-corrected chi connectivity index (χ3v) is 6.36. The van der Waals surface area contributed by atoms with Crippen molar-refractivity contribution in [2.75, 3.05) is 18.4 Å². The van der Waals surface area contributed by atoms with Crippen molar-refractivity contribution in [1.29, 1.82) is 0 Å². The summed E-state index contributed by atoms with van der Waals surface area (Å²) in [7, 11) is 0. The van der Waals surface area contributed by atoms with Crippen LogP contribution in [-0.4, -0.2) is 34.8 Å². The van der Waals surface area contributed by atoms with Crippen molar-refractivity contribution in [3.63, 3.8) is 0 Å². The Morgan fingerprint density at radius 1 is 0.939 bits per heavy atom. The molecule has 0 unspecified atom stereocenters. The Hall–Kier alpha value is -3.19. The highest BCUT2D eigenvalue weighted by Crippen LogP contribution is 2.20. The van der Waals surface area contributed by atoms with Gasteiger partial charge in [-0.05, 0) is 67.1 Å². The van der Waals surface area contributed by atoms with Crippen molar-refractivity contribution in [2.45, 2.75) is 40.3 Å². The summed E-state index contributed by atoms with van der Waals surface area (Å²) in [4.78, 5) is 30.7. The van der Waals surface area contributed by atoms with Gasteiger partial charge in [0.2, 0.25) is 5.91 Å². The molecule has 174 valence electrons. The lowest BCUT2D eigenvalue weighted by Crippen LogP contribution is -2.44. The van der Waals surface area contributed by atoms with E-state index >= 15 is 0 Å². The van der Waals surface area contributed by atoms with E-state index in [-0.39, 0.29) is 24.3 Å². The Kier molecular flexibility index (Phi) is 8.60. The van der Waals surface area contributed by atoms with E-state index in [2.05, 4.69) is 5.32 Å². The minimum absolute atomic E-state index is 0.0306. The number of carbonyl (C=O) groups excluding carboxylic acids is 2. The van der Waals surface area contributed by atoms with Crippen LogP contribution < -0.4 is 5.32 Å². The van der Waals surface area contributed by atoms with Crippen LogP contribution in [0.3, 0.4) is 0 Å². The summed E-state index contributed by atoms with van der Waals surface area (Å²) >= 11 is 1.60. The quantitative estimate of drug-likeness (QED) is 0.421. The number of rotatable bonds is 9. The predicted molar refractivity (Wildman–Crippen MR) is 132 cm³/mol. The number of urea groups is 1. The third kappa shape index (κ3) is 7.15. The monoisotopic (exact) mass is 467 g/mol. The van der Waals surface area contributed by atoms with Gasteiger partial charge in [-0.3, -0.25) is 4.79 Å². The van der Waals surface area contributed by atoms with Gasteiger partial charge in [-0.15, -0.1) is 11.3 Å². The molecule has 3 rings (SSSR count). The summed E-state index contributed by atoms with van der Waals surface area (Å²) in [6.45, 7) is 7.20. The van der Waals surface area contributed by atoms with Crippen LogP contribution >= 0.6 is 11.3 Å². The third-order valence-electron chi connectivity index (χ3n) is 5.35. The summed E-state index contributed by atoms with van der Waals surface area (Å²) < 4.78 is 13.4. The van der Waals surface area contributed by atoms with Crippen LogP contribution in [-0.2, 0) is 17.9 Å². The zero-order chi connectivity index (χ0) is 23.8. The highest BCUT2D eigenvalue weighted by molar-refractivity contribution is 7.10. The largest absolute Gasteiger partial charge is 0.332 e. The maximum atomic E-state index is 13.4. The van der Waals surface area contributed by atoms with E-state index in [1.807, 2.05) is 56.5 Å². The van der Waals surface area contributed by atoms with Gasteiger partial charge in [0.05, 0.1) is 6.54 Å². The van der Waals surface area contributed by atoms with E-state index in [0.717, 1.165) is 28.0 Å². The second-order valence-corrected chi connectivity index (χ2v) is 9.12. The van der Waals surface area contributed by atoms with Gasteiger partial charge in [-0.25, -0.2) is 9.18 Å². The summed E-state index contributed by atoms with van der Waals surface area (Å²) in [5.41, 5.74) is 3.76. The zero-order valence-corrected chi connectivity index (χ0v) is 20.1. The molecular weight excluding hydrogens is 437 g/mol. The number of nitrogens with one attached hydrogen (secondary N) is 1. The Labute approximate surface area is 198 Å². The average Bonchev–Trinajstić information content (AvgIpc) is 3.20. The fourth-order valence-electron chi connectivity index (χ4n) is 3.41. The van der Waals surface area contributed by atoms with E-state index in [1.54, 1.807) is 33.3 Å². The van der Waals surface area contributed by atoms with Crippen LogP contribution in [0.25, 0.3) is 0 Å². The summed E-state index contributed by atoms with van der Waals surface area (Å²) in [6, 6.07) is 15.4. The molecule has 0 fully saturated rings. The van der Waals surface area contributed by atoms with Crippen molar-refractivity contribution < 1.29 is 14.0 Å². The van der Waals surface area contributed by atoms with Crippen LogP contribution in [0.15, 0.2) is 60.0 Å². The SMILES string of the molecule is CCCN(CC(=O)N(Cc1ccc(F)cc1)Cc1sccc1C)C(=O)Nc1ccc(C)cc1. The molecule has 1 N–H and O–H groups in total. The van der Waals surface area contributed by atoms with Crippen LogP contribution in [0.2, 0.25) is 0 Å². The van der Waals surface area contributed by atoms with Crippen LogP contribution in [0.1, 0.15) is 34.9 Å². The van der Waals surface area contributed by atoms with Gasteiger partial charge in [-0.1, -0.05) is 36.8 Å². The first kappa shape index (κ1) is 24.5. The van der Waals surface area contributed by atoms with Crippen molar-refractivity contribution >= 4 is 29.0 Å². The molecule has 0 saturated carbocycles. The number of amides is 3. The van der Waals surface area contributed by atoms with Crippen LogP contribution in [0.5, 0.6) is 0 Å². The smallest absolute Gasteiger partial charge is 0.322 e. The second kappa shape index (κ2) is 11.6. The van der Waals surface area contributed by atoms with E-state index in [1.165, 1.54) is 12.1 Å². The van der Waals surface area contributed by atoms with Crippen molar-refractivity contribution in [1.82, 2.24) is 9.80 Å². The number of halogens is 1. The van der Waals surface area contributed by atoms with Gasteiger partial charge >= 0.3 is 6.03 Å². The molecule has 3 amide bonds. The van der Waals surface area contributed by atoms with Gasteiger partial charge in [-0.2, -0.15) is 0 Å². The van der Waals surface area contributed by atoms with Crippen LogP contribution in [0.4, 0.5) is 14.9 Å². The molecule has 0 aliphatic rings. The fraction of sp³-hybridized carbons (Fsp3) is 0.308. The molecule has 0 bridgehead atoms. The highest BCUT2D eigenvalue weighted by atomic mass is 32.1. The minimum atomic E-state index is -0.312. The molecule has 0 atom stereocenters. The summed E-state index contributed by atoms with van der Waals surface area (Å²) in [6.07, 6.45) is 0.733. The number of thiophene rings is 1. The van der Waals surface area contributed by atoms with E-state index in [0.29, 0.717) is 25.3 Å². The first-order chi connectivity index (χ1) is 15.9. The molecule has 0 aliphatic heterocycles. The average molecular weight is 468 g/mol. The molecule has 1 aromatic heterocycles. The predicted octanol–water partition coefficient (Wildman–Crippen LogP) is 5.98. The number of carbonyl (C=O) groups is 2. The Balaban J connectivity index is 1.75. The molecule has 0 radical (unpaired) electrons. The molecule has 0 spiro atoms. The number of benzene rings is 2. The first-order valence-electron chi connectivity index (χ1n) is 11.0. The number of aryl methyl sites for hydroxylation is 2. The molecule has 2 aromatic carbocycles. The van der Waals surface area contributed by atoms with Gasteiger partial charge in [0.25, 0.3) is 0 Å². The van der Waals surface area contributed by atoms with Crippen molar-refractivity contribution in [3.05, 3.63) is 87.4 Å². The second-order valence-electron chi connectivity index (χ2n) is 8.12. The van der Waals surface area contributed by atoms with E-state index in [9.17, 15) is 14.0 Å². The molecule has 1 heterocycles. The molecule has 33 heavy (non-hydrogen) atoms. The van der Waals surface area contributed by atoms with E-state index < -0.39 is 0 Å². The normalized spacial score (nSPS) is 10.7. The molecule has 0 aliphatic carbocycles. The molecular formula is C26H30FN3O2S. The van der Waals surface area contributed by atoms with Gasteiger partial charge < -0.3 is 15.1 Å². The maximum Gasteiger partial charge on any atom is 0.322 e. The lowest BCUT2D eigenvalue weighted by molar-refractivity contribution is -0.133. The Morgan fingerprint density at radius 3 is 2.24 bits per heavy atom. The highest BCUT2D eigenvalue weighted by Gasteiger charge is 2.22. The minimum Gasteiger partial charge on any atom is -0.332 e. The van der Waals surface area contributed by atoms with Gasteiger partial charge in [0, 0.05) is 23.7 Å². The van der Waals surface area contributed by atoms with Crippen molar-refractivity contribution in [2.24, 2.45) is 0 Å². The van der Waals surface area contributed by atoms with Gasteiger partial charge in [0.1, 0.15) is 12.4 Å². The fourth-order valence-corrected chi connectivity index (χ4v) is 4.33. The van der Waals surface area contributed by atoms with Crippen LogP contribution in [0, 0.1) is 19.7 Å². The van der Waals surface area contributed by atoms with Gasteiger partial charge in [0.15, 0.2) is 0 Å². The lowest BCUT2D eigenvalue weighted by atomic mass is 10.2. The van der Waals surface area contributed by atoms with E-state index in [4.69, 9.17) is 0 Å². The number of anilines is 1. The molecule has 3 aromatic rings. The van der Waals surface area contributed by atoms with Crippen molar-refractivity contribution in [3.8, 4) is 0 Å². The lowest BCUT2D eigenvalue weighted by Gasteiger charge is -2.28. The number of nitrogens with zero attached hydrogens (tertiary/aromatic N) is 2. The topological polar surface area (TPSA) is 52.7 Å². The molecule has 0 saturated heterocycles. The number of hydrogen-bond acceptors (Lipinski definition) is 3. The standard InChI is InChI=1S/C26H30FN3O2S/c1-4-14-29(26(32)28-23-11-5-19(2)6-12-23)18-25(31)30(17-24-20(3)13-15-33-24)16-21-7-9-22(27)10-8-21/h5-13,15H,4,14,16-18H2,1-3H3,(H,28,32). The first-order valence-corrected chi connectivity index (χ1v) is 11.9. The Morgan fingerprint density at radius 2 is 1.64 bits per heavy atom. The summed E-state index contributed by atoms with van der Waals surface area (Å²) in [5.74, 6) is -0.466. The number of hydrogen-bond donors (Lipinski definition) is 1. The molecule has 5 nitrogen and oxygen atoms in total. The zero-order valence-electron chi connectivity index (χ0n) is 19.3. The summed E-state index contributed by atoms with van der Waals surface area (Å²) in [5, 5.41) is 4.89. The molecule has 7 heteroatoms.